The maximum Gasteiger partial charge on any atom is 0.124 e. The molecular formula is C11H14BrClFN. The second-order valence-electron chi connectivity index (χ2n) is 3.70. The van der Waals surface area contributed by atoms with Crippen molar-refractivity contribution in [1.29, 1.82) is 0 Å². The lowest BCUT2D eigenvalue weighted by Gasteiger charge is -2.22. The van der Waals surface area contributed by atoms with Gasteiger partial charge in [-0.2, -0.15) is 0 Å². The average molecular weight is 295 g/mol. The summed E-state index contributed by atoms with van der Waals surface area (Å²) in [7, 11) is 1.98. The van der Waals surface area contributed by atoms with Crippen LogP contribution in [0.15, 0.2) is 22.7 Å². The summed E-state index contributed by atoms with van der Waals surface area (Å²) < 4.78 is 13.9. The van der Waals surface area contributed by atoms with Crippen molar-refractivity contribution in [2.45, 2.75) is 19.5 Å². The summed E-state index contributed by atoms with van der Waals surface area (Å²) in [5.74, 6) is 0.360. The predicted octanol–water partition coefficient (Wildman–Crippen LogP) is 3.65. The van der Waals surface area contributed by atoms with Gasteiger partial charge in [0.1, 0.15) is 5.82 Å². The summed E-state index contributed by atoms with van der Waals surface area (Å²) in [6.45, 7) is 2.74. The molecule has 0 aliphatic rings. The summed E-state index contributed by atoms with van der Waals surface area (Å²) >= 11 is 9.02. The van der Waals surface area contributed by atoms with Crippen LogP contribution in [0.2, 0.25) is 0 Å². The van der Waals surface area contributed by atoms with Crippen molar-refractivity contribution >= 4 is 27.5 Å². The summed E-state index contributed by atoms with van der Waals surface area (Å²) in [5, 5.41) is 0. The van der Waals surface area contributed by atoms with Gasteiger partial charge in [0.15, 0.2) is 0 Å². The Bertz CT molecular complexity index is 312. The van der Waals surface area contributed by atoms with Gasteiger partial charge in [0.05, 0.1) is 0 Å². The first kappa shape index (κ1) is 12.9. The van der Waals surface area contributed by atoms with Gasteiger partial charge < -0.3 is 0 Å². The molecule has 15 heavy (non-hydrogen) atoms. The van der Waals surface area contributed by atoms with Crippen LogP contribution in [0.3, 0.4) is 0 Å². The normalized spacial score (nSPS) is 13.2. The lowest BCUT2D eigenvalue weighted by atomic mass is 10.2. The van der Waals surface area contributed by atoms with Gasteiger partial charge in [-0.05, 0) is 37.7 Å². The summed E-state index contributed by atoms with van der Waals surface area (Å²) in [6, 6.07) is 5.20. The number of hydrogen-bond donors (Lipinski definition) is 0. The van der Waals surface area contributed by atoms with Crippen LogP contribution in [0.25, 0.3) is 0 Å². The first-order valence-corrected chi connectivity index (χ1v) is 6.07. The molecule has 0 aromatic heterocycles. The lowest BCUT2D eigenvalue weighted by Crippen LogP contribution is -2.29. The van der Waals surface area contributed by atoms with Gasteiger partial charge in [-0.1, -0.05) is 15.9 Å². The van der Waals surface area contributed by atoms with Crippen LogP contribution < -0.4 is 0 Å². The van der Waals surface area contributed by atoms with E-state index in [4.69, 9.17) is 11.6 Å². The van der Waals surface area contributed by atoms with E-state index < -0.39 is 0 Å². The monoisotopic (exact) mass is 293 g/mol. The Morgan fingerprint density at radius 1 is 1.47 bits per heavy atom. The van der Waals surface area contributed by atoms with Crippen LogP contribution >= 0.6 is 27.5 Å². The van der Waals surface area contributed by atoms with E-state index in [0.717, 1.165) is 10.0 Å². The highest BCUT2D eigenvalue weighted by Gasteiger charge is 2.09. The number of benzene rings is 1. The van der Waals surface area contributed by atoms with E-state index in [9.17, 15) is 4.39 Å². The minimum Gasteiger partial charge on any atom is -0.298 e. The summed E-state index contributed by atoms with van der Waals surface area (Å²) in [4.78, 5) is 2.09. The zero-order valence-electron chi connectivity index (χ0n) is 8.80. The van der Waals surface area contributed by atoms with E-state index in [0.29, 0.717) is 12.4 Å². The molecule has 0 spiro atoms. The fourth-order valence-corrected chi connectivity index (χ4v) is 2.01. The second-order valence-corrected chi connectivity index (χ2v) is 4.92. The third kappa shape index (κ3) is 4.09. The molecule has 0 amide bonds. The number of rotatable bonds is 4. The maximum absolute atomic E-state index is 13.1. The Labute approximate surface area is 103 Å². The molecule has 0 aliphatic heterocycles. The molecule has 1 aromatic rings. The Morgan fingerprint density at radius 3 is 2.67 bits per heavy atom. The van der Waals surface area contributed by atoms with Gasteiger partial charge in [0, 0.05) is 22.9 Å². The molecule has 0 heterocycles. The van der Waals surface area contributed by atoms with E-state index in [-0.39, 0.29) is 11.9 Å². The molecule has 0 N–H and O–H groups in total. The van der Waals surface area contributed by atoms with Crippen LogP contribution in [0.1, 0.15) is 12.5 Å². The van der Waals surface area contributed by atoms with E-state index >= 15 is 0 Å². The van der Waals surface area contributed by atoms with Crippen molar-refractivity contribution in [3.63, 3.8) is 0 Å². The van der Waals surface area contributed by atoms with Gasteiger partial charge >= 0.3 is 0 Å². The summed E-state index contributed by atoms with van der Waals surface area (Å²) in [5.41, 5.74) is 0.946. The maximum atomic E-state index is 13.1. The van der Waals surface area contributed by atoms with Crippen molar-refractivity contribution in [1.82, 2.24) is 4.90 Å². The SMILES string of the molecule is CC(CCl)N(C)Cc1cc(F)cc(Br)c1. The molecule has 0 saturated heterocycles. The molecule has 0 bridgehead atoms. The Hall–Kier alpha value is -0.120. The second kappa shape index (κ2) is 5.83. The molecule has 0 saturated carbocycles. The van der Waals surface area contributed by atoms with Crippen LogP contribution in [-0.4, -0.2) is 23.9 Å². The van der Waals surface area contributed by atoms with Crippen LogP contribution in [0.4, 0.5) is 4.39 Å². The zero-order chi connectivity index (χ0) is 11.4. The first-order valence-electron chi connectivity index (χ1n) is 4.74. The molecule has 1 atom stereocenters. The molecule has 1 unspecified atom stereocenters. The van der Waals surface area contributed by atoms with Crippen molar-refractivity contribution in [2.75, 3.05) is 12.9 Å². The Morgan fingerprint density at radius 2 is 2.13 bits per heavy atom. The highest BCUT2D eigenvalue weighted by Crippen LogP contribution is 2.16. The van der Waals surface area contributed by atoms with E-state index in [1.54, 1.807) is 6.07 Å². The highest BCUT2D eigenvalue weighted by atomic mass is 79.9. The molecule has 1 nitrogen and oxygen atoms in total. The van der Waals surface area contributed by atoms with Crippen molar-refractivity contribution in [3.8, 4) is 0 Å². The smallest absolute Gasteiger partial charge is 0.124 e. The standard InChI is InChI=1S/C11H14BrClFN/c1-8(6-13)15(2)7-9-3-10(12)5-11(14)4-9/h3-5,8H,6-7H2,1-2H3. The van der Waals surface area contributed by atoms with Crippen molar-refractivity contribution in [2.24, 2.45) is 0 Å². The Balaban J connectivity index is 2.72. The van der Waals surface area contributed by atoms with Gasteiger partial charge in [0.25, 0.3) is 0 Å². The van der Waals surface area contributed by atoms with Gasteiger partial charge in [-0.15, -0.1) is 11.6 Å². The van der Waals surface area contributed by atoms with Crippen LogP contribution in [-0.2, 0) is 6.54 Å². The third-order valence-corrected chi connectivity index (χ3v) is 3.23. The van der Waals surface area contributed by atoms with Gasteiger partial charge in [-0.3, -0.25) is 4.90 Å². The lowest BCUT2D eigenvalue weighted by molar-refractivity contribution is 0.268. The topological polar surface area (TPSA) is 3.24 Å². The third-order valence-electron chi connectivity index (χ3n) is 2.33. The zero-order valence-corrected chi connectivity index (χ0v) is 11.1. The predicted molar refractivity (Wildman–Crippen MR) is 65.7 cm³/mol. The van der Waals surface area contributed by atoms with E-state index in [2.05, 4.69) is 20.8 Å². The summed E-state index contributed by atoms with van der Waals surface area (Å²) in [6.07, 6.45) is 0. The van der Waals surface area contributed by atoms with Gasteiger partial charge in [-0.25, -0.2) is 4.39 Å². The van der Waals surface area contributed by atoms with Crippen molar-refractivity contribution in [3.05, 3.63) is 34.1 Å². The highest BCUT2D eigenvalue weighted by molar-refractivity contribution is 9.10. The molecule has 0 aliphatic carbocycles. The minimum atomic E-state index is -0.216. The number of alkyl halides is 1. The molecule has 0 radical (unpaired) electrons. The molecule has 84 valence electrons. The van der Waals surface area contributed by atoms with E-state index in [1.807, 2.05) is 20.0 Å². The van der Waals surface area contributed by atoms with E-state index in [1.165, 1.54) is 6.07 Å². The van der Waals surface area contributed by atoms with Gasteiger partial charge in [0.2, 0.25) is 0 Å². The number of hydrogen-bond acceptors (Lipinski definition) is 1. The fraction of sp³-hybridized carbons (Fsp3) is 0.455. The quantitative estimate of drug-likeness (QED) is 0.766. The number of nitrogens with zero attached hydrogens (tertiary/aromatic N) is 1. The average Bonchev–Trinajstić information content (AvgIpc) is 2.14. The van der Waals surface area contributed by atoms with Crippen LogP contribution in [0.5, 0.6) is 0 Å². The molecular weight excluding hydrogens is 280 g/mol. The molecule has 4 heteroatoms. The first-order chi connectivity index (χ1) is 7.02. The largest absolute Gasteiger partial charge is 0.298 e. The fourth-order valence-electron chi connectivity index (χ4n) is 1.26. The van der Waals surface area contributed by atoms with Crippen molar-refractivity contribution < 1.29 is 4.39 Å². The molecule has 1 rings (SSSR count). The van der Waals surface area contributed by atoms with Crippen LogP contribution in [0, 0.1) is 5.82 Å². The minimum absolute atomic E-state index is 0.216. The Kier molecular flexibility index (Phi) is 5.03. The molecule has 0 fully saturated rings. The number of halogens is 3. The molecule has 1 aromatic carbocycles.